The zero-order chi connectivity index (χ0) is 21.3. The number of nitrogens with zero attached hydrogens (tertiary/aromatic N) is 2. The summed E-state index contributed by atoms with van der Waals surface area (Å²) >= 11 is 0. The molecule has 0 unspecified atom stereocenters. The van der Waals surface area contributed by atoms with Crippen molar-refractivity contribution in [3.8, 4) is 34.3 Å². The normalized spacial score (nSPS) is 12.5. The smallest absolute Gasteiger partial charge is 0.254 e. The summed E-state index contributed by atoms with van der Waals surface area (Å²) in [7, 11) is 6.22. The molecule has 0 spiro atoms. The highest BCUT2D eigenvalue weighted by molar-refractivity contribution is 5.96. The summed E-state index contributed by atoms with van der Waals surface area (Å²) in [4.78, 5) is 15.0. The molecule has 0 aliphatic carbocycles. The molecule has 4 rings (SSSR count). The predicted octanol–water partition coefficient (Wildman–Crippen LogP) is 3.27. The molecule has 30 heavy (non-hydrogen) atoms. The van der Waals surface area contributed by atoms with Crippen LogP contribution in [0.4, 0.5) is 0 Å². The molecule has 0 atom stereocenters. The van der Waals surface area contributed by atoms with Crippen molar-refractivity contribution in [2.75, 3.05) is 28.4 Å². The Labute approximate surface area is 174 Å². The van der Waals surface area contributed by atoms with E-state index in [-0.39, 0.29) is 5.91 Å². The Morgan fingerprint density at radius 3 is 2.17 bits per heavy atom. The summed E-state index contributed by atoms with van der Waals surface area (Å²) in [5, 5.41) is 7.52. The maximum absolute atomic E-state index is 13.2. The molecule has 0 saturated heterocycles. The average Bonchev–Trinajstić information content (AvgIpc) is 3.38. The molecule has 2 aromatic carbocycles. The Morgan fingerprint density at radius 2 is 1.60 bits per heavy atom. The van der Waals surface area contributed by atoms with Crippen molar-refractivity contribution < 1.29 is 23.7 Å². The third-order valence-corrected chi connectivity index (χ3v) is 5.21. The average molecular weight is 409 g/mol. The number of aromatic nitrogens is 2. The molecule has 8 nitrogen and oxygen atoms in total. The molecular formula is C22H23N3O5. The van der Waals surface area contributed by atoms with E-state index in [9.17, 15) is 4.79 Å². The van der Waals surface area contributed by atoms with Gasteiger partial charge in [0.15, 0.2) is 11.5 Å². The lowest BCUT2D eigenvalue weighted by molar-refractivity contribution is 0.0749. The Balaban J connectivity index is 1.60. The van der Waals surface area contributed by atoms with Gasteiger partial charge in [-0.2, -0.15) is 5.10 Å². The van der Waals surface area contributed by atoms with E-state index in [0.717, 1.165) is 28.3 Å². The zero-order valence-corrected chi connectivity index (χ0v) is 17.3. The lowest BCUT2D eigenvalue weighted by Crippen LogP contribution is -2.26. The molecule has 0 saturated carbocycles. The molecular weight excluding hydrogens is 386 g/mol. The number of ether oxygens (including phenoxy) is 4. The van der Waals surface area contributed by atoms with Gasteiger partial charge in [-0.05, 0) is 36.4 Å². The van der Waals surface area contributed by atoms with E-state index in [4.69, 9.17) is 18.9 Å². The quantitative estimate of drug-likeness (QED) is 0.673. The van der Waals surface area contributed by atoms with Crippen molar-refractivity contribution >= 4 is 5.91 Å². The molecule has 2 heterocycles. The molecule has 1 aliphatic heterocycles. The van der Waals surface area contributed by atoms with Crippen LogP contribution in [0.2, 0.25) is 0 Å². The third-order valence-electron chi connectivity index (χ3n) is 5.21. The van der Waals surface area contributed by atoms with Crippen molar-refractivity contribution in [2.24, 2.45) is 0 Å². The van der Waals surface area contributed by atoms with Crippen LogP contribution in [-0.4, -0.2) is 49.4 Å². The van der Waals surface area contributed by atoms with Crippen LogP contribution in [0.1, 0.15) is 21.6 Å². The first-order valence-electron chi connectivity index (χ1n) is 9.39. The van der Waals surface area contributed by atoms with Crippen molar-refractivity contribution in [1.82, 2.24) is 15.1 Å². The van der Waals surface area contributed by atoms with Crippen LogP contribution < -0.4 is 18.9 Å². The summed E-state index contributed by atoms with van der Waals surface area (Å²) in [5.41, 5.74) is 4.22. The number of amides is 1. The number of methoxy groups -OCH3 is 4. The van der Waals surface area contributed by atoms with Crippen LogP contribution in [-0.2, 0) is 13.1 Å². The molecule has 1 N–H and O–H groups in total. The van der Waals surface area contributed by atoms with Crippen LogP contribution in [0.5, 0.6) is 23.0 Å². The van der Waals surface area contributed by atoms with Crippen molar-refractivity contribution in [2.45, 2.75) is 13.1 Å². The highest BCUT2D eigenvalue weighted by atomic mass is 16.5. The second-order valence-electron chi connectivity index (χ2n) is 6.83. The van der Waals surface area contributed by atoms with Crippen LogP contribution in [0.15, 0.2) is 36.4 Å². The van der Waals surface area contributed by atoms with E-state index in [1.54, 1.807) is 24.1 Å². The third kappa shape index (κ3) is 3.30. The maximum atomic E-state index is 13.2. The summed E-state index contributed by atoms with van der Waals surface area (Å²) in [6, 6.07) is 11.0. The van der Waals surface area contributed by atoms with Gasteiger partial charge < -0.3 is 23.8 Å². The van der Waals surface area contributed by atoms with Crippen LogP contribution in [0, 0.1) is 0 Å². The Hall–Kier alpha value is -3.68. The molecule has 1 aromatic heterocycles. The highest BCUT2D eigenvalue weighted by Crippen LogP contribution is 2.39. The minimum atomic E-state index is -0.125. The van der Waals surface area contributed by atoms with Crippen molar-refractivity contribution in [1.29, 1.82) is 0 Å². The van der Waals surface area contributed by atoms with Gasteiger partial charge in [-0.25, -0.2) is 0 Å². The number of nitrogens with one attached hydrogen (secondary N) is 1. The number of aromatic amines is 1. The molecule has 1 aliphatic rings. The topological polar surface area (TPSA) is 85.9 Å². The molecule has 8 heteroatoms. The fourth-order valence-corrected chi connectivity index (χ4v) is 3.66. The number of carbonyl (C=O) groups is 1. The fraction of sp³-hybridized carbons (Fsp3) is 0.273. The molecule has 156 valence electrons. The standard InChI is InChI=1S/C22H23N3O5/c1-27-15-7-5-13(6-8-15)20-16-11-25(12-17(16)23-24-20)22(26)14-9-18(28-2)21(30-4)19(10-14)29-3/h5-10H,11-12H2,1-4H3,(H,23,24). The fourth-order valence-electron chi connectivity index (χ4n) is 3.66. The number of carbonyl (C=O) groups excluding carboxylic acids is 1. The molecule has 1 amide bonds. The minimum absolute atomic E-state index is 0.125. The van der Waals surface area contributed by atoms with Gasteiger partial charge in [0.05, 0.1) is 52.9 Å². The second-order valence-corrected chi connectivity index (χ2v) is 6.83. The van der Waals surface area contributed by atoms with Gasteiger partial charge in [-0.3, -0.25) is 9.89 Å². The van der Waals surface area contributed by atoms with Gasteiger partial charge in [-0.15, -0.1) is 0 Å². The lowest BCUT2D eigenvalue weighted by Gasteiger charge is -2.18. The summed E-state index contributed by atoms with van der Waals surface area (Å²) in [6.45, 7) is 0.913. The number of benzene rings is 2. The predicted molar refractivity (Wildman–Crippen MR) is 110 cm³/mol. The van der Waals surface area contributed by atoms with Crippen molar-refractivity contribution in [3.63, 3.8) is 0 Å². The van der Waals surface area contributed by atoms with E-state index < -0.39 is 0 Å². The second kappa shape index (κ2) is 7.98. The van der Waals surface area contributed by atoms with Gasteiger partial charge in [0.1, 0.15) is 5.75 Å². The molecule has 0 radical (unpaired) electrons. The number of hydrogen-bond acceptors (Lipinski definition) is 6. The largest absolute Gasteiger partial charge is 0.497 e. The van der Waals surface area contributed by atoms with E-state index in [1.807, 2.05) is 24.3 Å². The maximum Gasteiger partial charge on any atom is 0.254 e. The van der Waals surface area contributed by atoms with E-state index >= 15 is 0 Å². The summed E-state index contributed by atoms with van der Waals surface area (Å²) < 4.78 is 21.3. The van der Waals surface area contributed by atoms with E-state index in [1.165, 1.54) is 21.3 Å². The first-order valence-corrected chi connectivity index (χ1v) is 9.39. The molecule has 0 bridgehead atoms. The SMILES string of the molecule is COc1ccc(-c2n[nH]c3c2CN(C(=O)c2cc(OC)c(OC)c(OC)c2)C3)cc1. The Bertz CT molecular complexity index is 1050. The minimum Gasteiger partial charge on any atom is -0.497 e. The molecule has 3 aromatic rings. The van der Waals surface area contributed by atoms with Gasteiger partial charge in [0.2, 0.25) is 5.75 Å². The van der Waals surface area contributed by atoms with Gasteiger partial charge >= 0.3 is 0 Å². The first kappa shape index (κ1) is 19.6. The van der Waals surface area contributed by atoms with Crippen LogP contribution in [0.3, 0.4) is 0 Å². The highest BCUT2D eigenvalue weighted by Gasteiger charge is 2.30. The Kier molecular flexibility index (Phi) is 5.22. The van der Waals surface area contributed by atoms with Gasteiger partial charge in [-0.1, -0.05) is 0 Å². The van der Waals surface area contributed by atoms with E-state index in [2.05, 4.69) is 10.2 Å². The number of fused-ring (bicyclic) bond motifs is 1. The number of rotatable bonds is 6. The number of H-pyrrole nitrogens is 1. The summed E-state index contributed by atoms with van der Waals surface area (Å²) in [5.74, 6) is 2.00. The monoisotopic (exact) mass is 409 g/mol. The lowest BCUT2D eigenvalue weighted by atomic mass is 10.1. The number of hydrogen-bond donors (Lipinski definition) is 1. The molecule has 0 fully saturated rings. The van der Waals surface area contributed by atoms with Crippen LogP contribution in [0.25, 0.3) is 11.3 Å². The van der Waals surface area contributed by atoms with E-state index in [0.29, 0.717) is 35.9 Å². The van der Waals surface area contributed by atoms with Crippen LogP contribution >= 0.6 is 0 Å². The van der Waals surface area contributed by atoms with Gasteiger partial charge in [0.25, 0.3) is 5.91 Å². The summed E-state index contributed by atoms with van der Waals surface area (Å²) in [6.07, 6.45) is 0. The zero-order valence-electron chi connectivity index (χ0n) is 17.3. The first-order chi connectivity index (χ1) is 14.6. The van der Waals surface area contributed by atoms with Gasteiger partial charge in [0, 0.05) is 16.7 Å². The van der Waals surface area contributed by atoms with Crippen molar-refractivity contribution in [3.05, 3.63) is 53.2 Å². The Morgan fingerprint density at radius 1 is 0.933 bits per heavy atom.